The van der Waals surface area contributed by atoms with E-state index in [4.69, 9.17) is 0 Å². The maximum absolute atomic E-state index is 3.78. The normalized spacial score (nSPS) is 9.73. The summed E-state index contributed by atoms with van der Waals surface area (Å²) < 4.78 is 2.98. The third-order valence-electron chi connectivity index (χ3n) is 1.18. The monoisotopic (exact) mass is 338 g/mol. The molecule has 0 saturated carbocycles. The summed E-state index contributed by atoms with van der Waals surface area (Å²) in [6.45, 7) is 3.78. The zero-order chi connectivity index (χ0) is 8.43. The highest BCUT2D eigenvalue weighted by atomic mass is 79.9. The van der Waals surface area contributed by atoms with Gasteiger partial charge in [-0.3, -0.25) is 0 Å². The van der Waals surface area contributed by atoms with Gasteiger partial charge in [0.05, 0.1) is 0 Å². The van der Waals surface area contributed by atoms with Crippen LogP contribution in [0.4, 0.5) is 0 Å². The molecule has 58 valence electrons. The fourth-order valence-electron chi connectivity index (χ4n) is 0.710. The topological polar surface area (TPSA) is 0 Å². The third kappa shape index (κ3) is 2.73. The maximum Gasteiger partial charge on any atom is 0.0192 e. The summed E-state index contributed by atoms with van der Waals surface area (Å²) in [6, 6.07) is 5.99. The van der Waals surface area contributed by atoms with E-state index in [1.165, 1.54) is 0 Å². The van der Waals surface area contributed by atoms with Crippen LogP contribution >= 0.6 is 47.8 Å². The van der Waals surface area contributed by atoms with Crippen LogP contribution in [0.3, 0.4) is 0 Å². The molecule has 0 aliphatic carbocycles. The van der Waals surface area contributed by atoms with Crippen LogP contribution in [0.2, 0.25) is 0 Å². The molecule has 0 aliphatic heterocycles. The smallest absolute Gasteiger partial charge is 0.0192 e. The molecule has 0 nitrogen and oxygen atoms in total. The second-order valence-electron chi connectivity index (χ2n) is 2.06. The van der Waals surface area contributed by atoms with Crippen LogP contribution in [-0.4, -0.2) is 0 Å². The van der Waals surface area contributed by atoms with Crippen LogP contribution in [0.5, 0.6) is 0 Å². The van der Waals surface area contributed by atoms with Gasteiger partial charge in [0, 0.05) is 13.4 Å². The zero-order valence-corrected chi connectivity index (χ0v) is 10.3. The molecule has 0 atom stereocenters. The largest absolute Gasteiger partial charge is 0.0841 e. The molecule has 1 aromatic rings. The molecular weight excluding hydrogens is 336 g/mol. The zero-order valence-electron chi connectivity index (χ0n) is 5.57. The first kappa shape index (κ1) is 9.49. The maximum atomic E-state index is 3.78. The van der Waals surface area contributed by atoms with Crippen molar-refractivity contribution in [2.24, 2.45) is 0 Å². The second kappa shape index (κ2) is 3.87. The number of hydrogen-bond donors (Lipinski definition) is 0. The highest BCUT2D eigenvalue weighted by molar-refractivity contribution is 9.15. The molecule has 1 rings (SSSR count). The molecule has 3 heteroatoms. The summed E-state index contributed by atoms with van der Waals surface area (Å²) in [5.74, 6) is 0. The Labute approximate surface area is 91.1 Å². The Morgan fingerprint density at radius 2 is 1.55 bits per heavy atom. The average Bonchev–Trinajstić information content (AvgIpc) is 1.85. The van der Waals surface area contributed by atoms with Crippen LogP contribution in [0, 0.1) is 0 Å². The Kier molecular flexibility index (Phi) is 3.34. The minimum absolute atomic E-state index is 0.888. The molecule has 0 spiro atoms. The number of halogens is 3. The SMILES string of the molecule is C=C(Br)c1cc(Br)cc(Br)c1. The Balaban J connectivity index is 3.19. The van der Waals surface area contributed by atoms with Gasteiger partial charge >= 0.3 is 0 Å². The van der Waals surface area contributed by atoms with Gasteiger partial charge in [0.15, 0.2) is 0 Å². The lowest BCUT2D eigenvalue weighted by molar-refractivity contribution is 1.57. The quantitative estimate of drug-likeness (QED) is 0.702. The first-order chi connectivity index (χ1) is 5.09. The van der Waals surface area contributed by atoms with E-state index < -0.39 is 0 Å². The van der Waals surface area contributed by atoms with Gasteiger partial charge < -0.3 is 0 Å². The van der Waals surface area contributed by atoms with Crippen molar-refractivity contribution in [3.05, 3.63) is 39.3 Å². The molecule has 0 fully saturated rings. The molecule has 0 amide bonds. The van der Waals surface area contributed by atoms with E-state index in [2.05, 4.69) is 54.4 Å². The standard InChI is InChI=1S/C8H5Br3/c1-5(9)6-2-7(10)4-8(11)3-6/h2-4H,1H2. The van der Waals surface area contributed by atoms with Crippen molar-refractivity contribution >= 4 is 52.3 Å². The molecule has 0 bridgehead atoms. The molecule has 0 aromatic heterocycles. The summed E-state index contributed by atoms with van der Waals surface area (Å²) in [4.78, 5) is 0. The summed E-state index contributed by atoms with van der Waals surface area (Å²) in [7, 11) is 0. The second-order valence-corrected chi connectivity index (χ2v) is 4.85. The van der Waals surface area contributed by atoms with Crippen LogP contribution in [-0.2, 0) is 0 Å². The molecule has 1 aromatic carbocycles. The Bertz CT molecular complexity index is 271. The third-order valence-corrected chi connectivity index (χ3v) is 2.55. The van der Waals surface area contributed by atoms with Gasteiger partial charge in [-0.25, -0.2) is 0 Å². The molecule has 0 heterocycles. The van der Waals surface area contributed by atoms with E-state index in [9.17, 15) is 0 Å². The predicted molar refractivity (Wildman–Crippen MR) is 59.8 cm³/mol. The number of rotatable bonds is 1. The molecule has 0 radical (unpaired) electrons. The van der Waals surface area contributed by atoms with Gasteiger partial charge in [0.2, 0.25) is 0 Å². The summed E-state index contributed by atoms with van der Waals surface area (Å²) in [5, 5.41) is 0. The van der Waals surface area contributed by atoms with Crippen molar-refractivity contribution < 1.29 is 0 Å². The van der Waals surface area contributed by atoms with Crippen LogP contribution < -0.4 is 0 Å². The van der Waals surface area contributed by atoms with E-state index in [0.717, 1.165) is 19.0 Å². The van der Waals surface area contributed by atoms with Gasteiger partial charge in [0.25, 0.3) is 0 Å². The average molecular weight is 341 g/mol. The van der Waals surface area contributed by atoms with Crippen molar-refractivity contribution in [1.82, 2.24) is 0 Å². The van der Waals surface area contributed by atoms with E-state index in [-0.39, 0.29) is 0 Å². The van der Waals surface area contributed by atoms with Crippen molar-refractivity contribution in [1.29, 1.82) is 0 Å². The molecule has 0 saturated heterocycles. The minimum atomic E-state index is 0.888. The van der Waals surface area contributed by atoms with Gasteiger partial charge in [-0.1, -0.05) is 54.4 Å². The fourth-order valence-corrected chi connectivity index (χ4v) is 2.23. The summed E-state index contributed by atoms with van der Waals surface area (Å²) in [5.41, 5.74) is 1.08. The molecule has 0 unspecified atom stereocenters. The van der Waals surface area contributed by atoms with E-state index in [0.29, 0.717) is 0 Å². The molecule has 11 heavy (non-hydrogen) atoms. The first-order valence-electron chi connectivity index (χ1n) is 2.90. The lowest BCUT2D eigenvalue weighted by atomic mass is 10.2. The van der Waals surface area contributed by atoms with E-state index in [1.807, 2.05) is 18.2 Å². The minimum Gasteiger partial charge on any atom is -0.0841 e. The van der Waals surface area contributed by atoms with Crippen LogP contribution in [0.25, 0.3) is 4.48 Å². The lowest BCUT2D eigenvalue weighted by Gasteiger charge is -1.99. The summed E-state index contributed by atoms with van der Waals surface area (Å²) in [6.07, 6.45) is 0. The van der Waals surface area contributed by atoms with Gasteiger partial charge in [-0.15, -0.1) is 0 Å². The first-order valence-corrected chi connectivity index (χ1v) is 5.28. The molecule has 0 aliphatic rings. The Hall–Kier alpha value is 0.400. The van der Waals surface area contributed by atoms with Crippen molar-refractivity contribution in [3.8, 4) is 0 Å². The molecule has 0 N–H and O–H groups in total. The van der Waals surface area contributed by atoms with Crippen molar-refractivity contribution in [2.75, 3.05) is 0 Å². The lowest BCUT2D eigenvalue weighted by Crippen LogP contribution is -1.75. The van der Waals surface area contributed by atoms with Crippen LogP contribution in [0.15, 0.2) is 33.7 Å². The van der Waals surface area contributed by atoms with Crippen LogP contribution in [0.1, 0.15) is 5.56 Å². The van der Waals surface area contributed by atoms with E-state index in [1.54, 1.807) is 0 Å². The van der Waals surface area contributed by atoms with Crippen molar-refractivity contribution in [2.45, 2.75) is 0 Å². The number of benzene rings is 1. The summed E-state index contributed by atoms with van der Waals surface area (Å²) >= 11 is 10.1. The fraction of sp³-hybridized carbons (Fsp3) is 0. The van der Waals surface area contributed by atoms with Crippen molar-refractivity contribution in [3.63, 3.8) is 0 Å². The Morgan fingerprint density at radius 1 is 1.09 bits per heavy atom. The predicted octanol–water partition coefficient (Wildman–Crippen LogP) is 4.58. The number of hydrogen-bond acceptors (Lipinski definition) is 0. The highest BCUT2D eigenvalue weighted by Gasteiger charge is 1.97. The highest BCUT2D eigenvalue weighted by Crippen LogP contribution is 2.26. The van der Waals surface area contributed by atoms with Gasteiger partial charge in [0.1, 0.15) is 0 Å². The van der Waals surface area contributed by atoms with Gasteiger partial charge in [-0.2, -0.15) is 0 Å². The Morgan fingerprint density at radius 3 is 1.91 bits per heavy atom. The van der Waals surface area contributed by atoms with E-state index >= 15 is 0 Å². The molecular formula is C8H5Br3. The van der Waals surface area contributed by atoms with Gasteiger partial charge in [-0.05, 0) is 23.8 Å².